The van der Waals surface area contributed by atoms with Gasteiger partial charge in [0.25, 0.3) is 0 Å². The first-order valence-electron chi connectivity index (χ1n) is 7.21. The Kier molecular flexibility index (Phi) is 3.93. The number of likely N-dealkylation sites (N-methyl/N-ethyl adjacent to an activating group) is 1. The lowest BCUT2D eigenvalue weighted by Crippen LogP contribution is -2.53. The highest BCUT2D eigenvalue weighted by Gasteiger charge is 2.46. The summed E-state index contributed by atoms with van der Waals surface area (Å²) in [5, 5.41) is 9.54. The molecule has 0 unspecified atom stereocenters. The lowest BCUT2D eigenvalue weighted by molar-refractivity contribution is -0.146. The van der Waals surface area contributed by atoms with Crippen molar-refractivity contribution in [2.45, 2.75) is 18.3 Å². The molecule has 1 saturated heterocycles. The molecule has 3 nitrogen and oxygen atoms in total. The van der Waals surface area contributed by atoms with Crippen LogP contribution >= 0.6 is 15.9 Å². The van der Waals surface area contributed by atoms with Gasteiger partial charge in [-0.2, -0.15) is 0 Å². The van der Waals surface area contributed by atoms with Crippen LogP contribution in [0.25, 0.3) is 0 Å². The summed E-state index contributed by atoms with van der Waals surface area (Å²) in [7, 11) is 2.16. The van der Waals surface area contributed by atoms with Crippen LogP contribution in [0.4, 0.5) is 0 Å². The van der Waals surface area contributed by atoms with Gasteiger partial charge in [0.2, 0.25) is 0 Å². The maximum Gasteiger partial charge on any atom is 0.0579 e. The highest BCUT2D eigenvalue weighted by Crippen LogP contribution is 2.49. The zero-order chi connectivity index (χ0) is 14.2. The van der Waals surface area contributed by atoms with Gasteiger partial charge < -0.3 is 14.7 Å². The van der Waals surface area contributed by atoms with Crippen LogP contribution in [-0.4, -0.2) is 50.0 Å². The maximum absolute atomic E-state index is 9.54. The van der Waals surface area contributed by atoms with Crippen LogP contribution in [-0.2, 0) is 10.2 Å². The summed E-state index contributed by atoms with van der Waals surface area (Å²) in [6.45, 7) is 3.60. The maximum atomic E-state index is 9.54. The summed E-state index contributed by atoms with van der Waals surface area (Å²) in [5.41, 5.74) is 1.75. The van der Waals surface area contributed by atoms with E-state index in [1.54, 1.807) is 0 Å². The summed E-state index contributed by atoms with van der Waals surface area (Å²) >= 11 is 3.50. The second-order valence-electron chi connectivity index (χ2n) is 6.61. The Morgan fingerprint density at radius 2 is 1.85 bits per heavy atom. The zero-order valence-electron chi connectivity index (χ0n) is 11.9. The highest BCUT2D eigenvalue weighted by molar-refractivity contribution is 9.10. The Hall–Kier alpha value is -0.420. The first-order chi connectivity index (χ1) is 9.57. The quantitative estimate of drug-likeness (QED) is 0.863. The fourth-order valence-corrected chi connectivity index (χ4v) is 3.53. The molecule has 0 spiro atoms. The van der Waals surface area contributed by atoms with Gasteiger partial charge in [0.15, 0.2) is 0 Å². The van der Waals surface area contributed by atoms with Crippen LogP contribution in [0, 0.1) is 5.41 Å². The molecule has 0 atom stereocenters. The molecule has 0 bridgehead atoms. The average Bonchev–Trinajstić information content (AvgIpc) is 3.15. The van der Waals surface area contributed by atoms with Gasteiger partial charge in [0.1, 0.15) is 0 Å². The standard InChI is InChI=1S/C16H22BrNO2/c1-18(8-15(10-19)11-20-12-15)9-16(6-7-16)13-2-4-14(17)5-3-13/h2-5,19H,6-12H2,1H3. The van der Waals surface area contributed by atoms with Gasteiger partial charge in [0, 0.05) is 23.0 Å². The Bertz CT molecular complexity index is 460. The predicted octanol–water partition coefficient (Wildman–Crippen LogP) is 2.42. The van der Waals surface area contributed by atoms with Crippen molar-refractivity contribution in [2.75, 3.05) is 40.0 Å². The number of ether oxygens (including phenoxy) is 1. The van der Waals surface area contributed by atoms with Crippen molar-refractivity contribution in [2.24, 2.45) is 5.41 Å². The monoisotopic (exact) mass is 339 g/mol. The van der Waals surface area contributed by atoms with Crippen LogP contribution in [0.5, 0.6) is 0 Å². The Morgan fingerprint density at radius 1 is 1.20 bits per heavy atom. The van der Waals surface area contributed by atoms with E-state index in [4.69, 9.17) is 4.74 Å². The third-order valence-electron chi connectivity index (χ3n) is 4.64. The molecule has 1 heterocycles. The molecule has 1 aliphatic heterocycles. The van der Waals surface area contributed by atoms with E-state index < -0.39 is 0 Å². The van der Waals surface area contributed by atoms with Gasteiger partial charge in [-0.15, -0.1) is 0 Å². The van der Waals surface area contributed by atoms with Crippen LogP contribution < -0.4 is 0 Å². The van der Waals surface area contributed by atoms with Crippen molar-refractivity contribution in [1.82, 2.24) is 4.90 Å². The van der Waals surface area contributed by atoms with Gasteiger partial charge in [0.05, 0.1) is 25.2 Å². The molecule has 1 aromatic rings. The number of benzene rings is 1. The zero-order valence-corrected chi connectivity index (χ0v) is 13.5. The summed E-state index contributed by atoms with van der Waals surface area (Å²) in [6.07, 6.45) is 2.53. The fraction of sp³-hybridized carbons (Fsp3) is 0.625. The Labute approximate surface area is 129 Å². The molecule has 0 aromatic heterocycles. The number of nitrogens with zero attached hydrogens (tertiary/aromatic N) is 1. The minimum absolute atomic E-state index is 0.0233. The molecule has 110 valence electrons. The smallest absolute Gasteiger partial charge is 0.0579 e. The van der Waals surface area contributed by atoms with Crippen molar-refractivity contribution in [3.63, 3.8) is 0 Å². The second kappa shape index (κ2) is 5.41. The topological polar surface area (TPSA) is 32.7 Å². The van der Waals surface area contributed by atoms with Crippen molar-refractivity contribution in [1.29, 1.82) is 0 Å². The molecule has 2 aliphatic rings. The largest absolute Gasteiger partial charge is 0.396 e. The molecule has 1 aliphatic carbocycles. The molecule has 1 N–H and O–H groups in total. The summed E-state index contributed by atoms with van der Waals surface area (Å²) in [5.74, 6) is 0. The van der Waals surface area contributed by atoms with Gasteiger partial charge in [-0.25, -0.2) is 0 Å². The minimum Gasteiger partial charge on any atom is -0.396 e. The van der Waals surface area contributed by atoms with Crippen molar-refractivity contribution in [3.8, 4) is 0 Å². The molecular weight excluding hydrogens is 318 g/mol. The van der Waals surface area contributed by atoms with E-state index in [0.29, 0.717) is 18.6 Å². The van der Waals surface area contributed by atoms with E-state index in [1.807, 2.05) is 0 Å². The first kappa shape index (κ1) is 14.5. The SMILES string of the molecule is CN(CC1(CO)COC1)CC1(c2ccc(Br)cc2)CC1. The van der Waals surface area contributed by atoms with E-state index in [1.165, 1.54) is 18.4 Å². The molecule has 1 saturated carbocycles. The summed E-state index contributed by atoms with van der Waals surface area (Å²) in [4.78, 5) is 2.37. The van der Waals surface area contributed by atoms with Crippen molar-refractivity contribution >= 4 is 15.9 Å². The highest BCUT2D eigenvalue weighted by atomic mass is 79.9. The van der Waals surface area contributed by atoms with Gasteiger partial charge in [-0.05, 0) is 37.6 Å². The lowest BCUT2D eigenvalue weighted by atomic mass is 9.86. The van der Waals surface area contributed by atoms with Gasteiger partial charge >= 0.3 is 0 Å². The third-order valence-corrected chi connectivity index (χ3v) is 5.17. The van der Waals surface area contributed by atoms with Crippen molar-refractivity contribution < 1.29 is 9.84 Å². The van der Waals surface area contributed by atoms with E-state index in [0.717, 1.165) is 17.6 Å². The normalized spacial score (nSPS) is 22.6. The Balaban J connectivity index is 1.63. The molecule has 2 fully saturated rings. The molecule has 0 radical (unpaired) electrons. The fourth-order valence-electron chi connectivity index (χ4n) is 3.26. The average molecular weight is 340 g/mol. The van der Waals surface area contributed by atoms with E-state index >= 15 is 0 Å². The molecular formula is C16H22BrNO2. The number of aliphatic hydroxyl groups is 1. The minimum atomic E-state index is -0.0233. The Morgan fingerprint density at radius 3 is 2.30 bits per heavy atom. The molecule has 1 aromatic carbocycles. The molecule has 3 rings (SSSR count). The summed E-state index contributed by atoms with van der Waals surface area (Å²) < 4.78 is 6.42. The van der Waals surface area contributed by atoms with Gasteiger partial charge in [-0.1, -0.05) is 28.1 Å². The number of hydrogen-bond donors (Lipinski definition) is 1. The summed E-state index contributed by atoms with van der Waals surface area (Å²) in [6, 6.07) is 8.73. The predicted molar refractivity (Wildman–Crippen MR) is 82.9 cm³/mol. The van der Waals surface area contributed by atoms with Crippen LogP contribution in [0.15, 0.2) is 28.7 Å². The van der Waals surface area contributed by atoms with Gasteiger partial charge in [-0.3, -0.25) is 0 Å². The van der Waals surface area contributed by atoms with Crippen LogP contribution in [0.3, 0.4) is 0 Å². The third kappa shape index (κ3) is 2.80. The molecule has 0 amide bonds. The van der Waals surface area contributed by atoms with E-state index in [9.17, 15) is 5.11 Å². The van der Waals surface area contributed by atoms with E-state index in [-0.39, 0.29) is 12.0 Å². The number of halogens is 1. The lowest BCUT2D eigenvalue weighted by Gasteiger charge is -2.43. The molecule has 20 heavy (non-hydrogen) atoms. The number of rotatable bonds is 6. The molecule has 4 heteroatoms. The van der Waals surface area contributed by atoms with Crippen LogP contribution in [0.1, 0.15) is 18.4 Å². The van der Waals surface area contributed by atoms with Crippen LogP contribution in [0.2, 0.25) is 0 Å². The number of hydrogen-bond acceptors (Lipinski definition) is 3. The second-order valence-corrected chi connectivity index (χ2v) is 7.53. The van der Waals surface area contributed by atoms with Crippen molar-refractivity contribution in [3.05, 3.63) is 34.3 Å². The number of aliphatic hydroxyl groups excluding tert-OH is 1. The first-order valence-corrected chi connectivity index (χ1v) is 8.00. The van der Waals surface area contributed by atoms with E-state index in [2.05, 4.69) is 52.1 Å².